The third-order valence-electron chi connectivity index (χ3n) is 2.57. The number of carbonyl (C=O) groups is 2. The third-order valence-corrected chi connectivity index (χ3v) is 2.57. The molecule has 0 aliphatic carbocycles. The Labute approximate surface area is 99.6 Å². The van der Waals surface area contributed by atoms with Gasteiger partial charge in [-0.25, -0.2) is 0 Å². The zero-order chi connectivity index (χ0) is 12.8. The fourth-order valence-corrected chi connectivity index (χ4v) is 1.49. The average molecular weight is 236 g/mol. The SMILES string of the molecule is CCC(CNc1ccccc1C(N)=O)C(=O)O. The third kappa shape index (κ3) is 3.48. The van der Waals surface area contributed by atoms with Gasteiger partial charge in [-0.1, -0.05) is 19.1 Å². The molecule has 0 saturated heterocycles. The van der Waals surface area contributed by atoms with Gasteiger partial charge in [-0.3, -0.25) is 9.59 Å². The summed E-state index contributed by atoms with van der Waals surface area (Å²) in [6.45, 7) is 2.08. The summed E-state index contributed by atoms with van der Waals surface area (Å²) < 4.78 is 0. The van der Waals surface area contributed by atoms with E-state index in [4.69, 9.17) is 10.8 Å². The van der Waals surface area contributed by atoms with E-state index in [0.717, 1.165) is 0 Å². The highest BCUT2D eigenvalue weighted by atomic mass is 16.4. The van der Waals surface area contributed by atoms with Gasteiger partial charge in [0.15, 0.2) is 0 Å². The van der Waals surface area contributed by atoms with Gasteiger partial charge in [0.1, 0.15) is 0 Å². The molecule has 0 spiro atoms. The molecule has 0 heterocycles. The van der Waals surface area contributed by atoms with E-state index in [1.165, 1.54) is 0 Å². The van der Waals surface area contributed by atoms with Crippen LogP contribution in [0.15, 0.2) is 24.3 Å². The van der Waals surface area contributed by atoms with Gasteiger partial charge in [0.2, 0.25) is 0 Å². The van der Waals surface area contributed by atoms with Crippen LogP contribution >= 0.6 is 0 Å². The first kappa shape index (κ1) is 13.0. The Morgan fingerprint density at radius 2 is 2.06 bits per heavy atom. The van der Waals surface area contributed by atoms with Crippen LogP contribution in [0, 0.1) is 5.92 Å². The van der Waals surface area contributed by atoms with Crippen molar-refractivity contribution in [1.29, 1.82) is 0 Å². The van der Waals surface area contributed by atoms with Crippen LogP contribution in [0.3, 0.4) is 0 Å². The molecular weight excluding hydrogens is 220 g/mol. The summed E-state index contributed by atoms with van der Waals surface area (Å²) >= 11 is 0. The van der Waals surface area contributed by atoms with Crippen molar-refractivity contribution in [3.8, 4) is 0 Å². The van der Waals surface area contributed by atoms with E-state index >= 15 is 0 Å². The Bertz CT molecular complexity index is 418. The second-order valence-corrected chi connectivity index (χ2v) is 3.73. The number of carboxylic acid groups (broad SMARTS) is 1. The van der Waals surface area contributed by atoms with Crippen molar-refractivity contribution < 1.29 is 14.7 Å². The molecule has 5 heteroatoms. The number of hydrogen-bond acceptors (Lipinski definition) is 3. The zero-order valence-corrected chi connectivity index (χ0v) is 9.64. The summed E-state index contributed by atoms with van der Waals surface area (Å²) in [5, 5.41) is 11.8. The number of hydrogen-bond donors (Lipinski definition) is 3. The van der Waals surface area contributed by atoms with Crippen LogP contribution in [-0.2, 0) is 4.79 Å². The van der Waals surface area contributed by atoms with Gasteiger partial charge in [0, 0.05) is 12.2 Å². The number of aliphatic carboxylic acids is 1. The number of nitrogens with one attached hydrogen (secondary N) is 1. The van der Waals surface area contributed by atoms with E-state index in [1.54, 1.807) is 31.2 Å². The molecule has 1 amide bonds. The van der Waals surface area contributed by atoms with E-state index in [0.29, 0.717) is 17.7 Å². The second kappa shape index (κ2) is 5.89. The first-order chi connectivity index (χ1) is 8.06. The Balaban J connectivity index is 2.75. The van der Waals surface area contributed by atoms with Crippen LogP contribution in [0.5, 0.6) is 0 Å². The fraction of sp³-hybridized carbons (Fsp3) is 0.333. The lowest BCUT2D eigenvalue weighted by atomic mass is 10.1. The van der Waals surface area contributed by atoms with E-state index in [2.05, 4.69) is 5.32 Å². The lowest BCUT2D eigenvalue weighted by Gasteiger charge is -2.13. The van der Waals surface area contributed by atoms with Crippen molar-refractivity contribution in [2.24, 2.45) is 11.7 Å². The largest absolute Gasteiger partial charge is 0.481 e. The standard InChI is InChI=1S/C12H16N2O3/c1-2-8(12(16)17)7-14-10-6-4-3-5-9(10)11(13)15/h3-6,8,14H,2,7H2,1H3,(H2,13,15)(H,16,17). The molecule has 4 N–H and O–H groups in total. The summed E-state index contributed by atoms with van der Waals surface area (Å²) in [4.78, 5) is 22.0. The molecule has 92 valence electrons. The molecule has 5 nitrogen and oxygen atoms in total. The van der Waals surface area contributed by atoms with Crippen LogP contribution in [0.4, 0.5) is 5.69 Å². The van der Waals surface area contributed by atoms with E-state index < -0.39 is 17.8 Å². The number of benzene rings is 1. The first-order valence-electron chi connectivity index (χ1n) is 5.41. The van der Waals surface area contributed by atoms with E-state index in [9.17, 15) is 9.59 Å². The van der Waals surface area contributed by atoms with Crippen LogP contribution in [0.25, 0.3) is 0 Å². The second-order valence-electron chi connectivity index (χ2n) is 3.73. The first-order valence-corrected chi connectivity index (χ1v) is 5.41. The molecule has 1 aromatic carbocycles. The van der Waals surface area contributed by atoms with Crippen LogP contribution in [-0.4, -0.2) is 23.5 Å². The molecule has 17 heavy (non-hydrogen) atoms. The monoisotopic (exact) mass is 236 g/mol. The molecule has 1 unspecified atom stereocenters. The fourth-order valence-electron chi connectivity index (χ4n) is 1.49. The number of para-hydroxylation sites is 1. The van der Waals surface area contributed by atoms with Crippen molar-refractivity contribution in [2.45, 2.75) is 13.3 Å². The van der Waals surface area contributed by atoms with Crippen molar-refractivity contribution in [2.75, 3.05) is 11.9 Å². The molecule has 0 aliphatic heterocycles. The predicted octanol–water partition coefficient (Wildman–Crippen LogP) is 1.31. The Kier molecular flexibility index (Phi) is 4.51. The minimum Gasteiger partial charge on any atom is -0.481 e. The summed E-state index contributed by atoms with van der Waals surface area (Å²) in [5.74, 6) is -1.86. The highest BCUT2D eigenvalue weighted by molar-refractivity contribution is 5.98. The van der Waals surface area contributed by atoms with Gasteiger partial charge in [-0.05, 0) is 18.6 Å². The smallest absolute Gasteiger partial charge is 0.308 e. The Hall–Kier alpha value is -2.04. The number of anilines is 1. The van der Waals surface area contributed by atoms with Gasteiger partial charge in [-0.2, -0.15) is 0 Å². The van der Waals surface area contributed by atoms with Crippen LogP contribution < -0.4 is 11.1 Å². The molecular formula is C12H16N2O3. The number of carboxylic acids is 1. The van der Waals surface area contributed by atoms with Gasteiger partial charge in [0.05, 0.1) is 11.5 Å². The predicted molar refractivity (Wildman–Crippen MR) is 64.9 cm³/mol. The van der Waals surface area contributed by atoms with Crippen LogP contribution in [0.2, 0.25) is 0 Å². The van der Waals surface area contributed by atoms with Gasteiger partial charge < -0.3 is 16.2 Å². The lowest BCUT2D eigenvalue weighted by molar-refractivity contribution is -0.141. The highest BCUT2D eigenvalue weighted by Crippen LogP contribution is 2.15. The lowest BCUT2D eigenvalue weighted by Crippen LogP contribution is -2.23. The summed E-state index contributed by atoms with van der Waals surface area (Å²) in [7, 11) is 0. The van der Waals surface area contributed by atoms with Crippen molar-refractivity contribution in [3.05, 3.63) is 29.8 Å². The minimum absolute atomic E-state index is 0.274. The van der Waals surface area contributed by atoms with Gasteiger partial charge in [0.25, 0.3) is 5.91 Å². The zero-order valence-electron chi connectivity index (χ0n) is 9.64. The quantitative estimate of drug-likeness (QED) is 0.694. The molecule has 0 saturated carbocycles. The summed E-state index contributed by atoms with van der Waals surface area (Å²) in [6, 6.07) is 6.78. The van der Waals surface area contributed by atoms with Crippen molar-refractivity contribution in [1.82, 2.24) is 0 Å². The average Bonchev–Trinajstić information content (AvgIpc) is 2.29. The van der Waals surface area contributed by atoms with Gasteiger partial charge in [-0.15, -0.1) is 0 Å². The van der Waals surface area contributed by atoms with Crippen LogP contribution in [0.1, 0.15) is 23.7 Å². The summed E-state index contributed by atoms with van der Waals surface area (Å²) in [6.07, 6.45) is 0.529. The maximum Gasteiger partial charge on any atom is 0.308 e. The van der Waals surface area contributed by atoms with E-state index in [1.807, 2.05) is 0 Å². The molecule has 0 aromatic heterocycles. The van der Waals surface area contributed by atoms with Gasteiger partial charge >= 0.3 is 5.97 Å². The number of nitrogens with two attached hydrogens (primary N) is 1. The van der Waals surface area contributed by atoms with Crippen molar-refractivity contribution in [3.63, 3.8) is 0 Å². The topological polar surface area (TPSA) is 92.4 Å². The summed E-state index contributed by atoms with van der Waals surface area (Å²) in [5.41, 5.74) is 6.16. The maximum absolute atomic E-state index is 11.1. The van der Waals surface area contributed by atoms with Crippen molar-refractivity contribution >= 4 is 17.6 Å². The number of rotatable bonds is 6. The highest BCUT2D eigenvalue weighted by Gasteiger charge is 2.15. The molecule has 1 rings (SSSR count). The minimum atomic E-state index is -0.850. The normalized spacial score (nSPS) is 11.8. The maximum atomic E-state index is 11.1. The molecule has 1 aromatic rings. The molecule has 0 fully saturated rings. The Morgan fingerprint density at radius 3 is 2.59 bits per heavy atom. The van der Waals surface area contributed by atoms with E-state index in [-0.39, 0.29) is 6.54 Å². The molecule has 1 atom stereocenters. The number of primary amides is 1. The molecule has 0 bridgehead atoms. The molecule has 0 radical (unpaired) electrons. The Morgan fingerprint density at radius 1 is 1.41 bits per heavy atom. The number of carbonyl (C=O) groups excluding carboxylic acids is 1. The molecule has 0 aliphatic rings. The number of amides is 1.